The van der Waals surface area contributed by atoms with Crippen LogP contribution < -0.4 is 5.73 Å². The molecule has 98 valence electrons. The number of rotatable bonds is 2. The van der Waals surface area contributed by atoms with E-state index >= 15 is 0 Å². The SMILES string of the molecule is Cc1nc(C2CCc3ccccc32)ncc1[C@@H](C)N. The summed E-state index contributed by atoms with van der Waals surface area (Å²) in [5.74, 6) is 1.28. The van der Waals surface area contributed by atoms with Crippen molar-refractivity contribution in [2.24, 2.45) is 5.73 Å². The highest BCUT2D eigenvalue weighted by molar-refractivity contribution is 5.39. The summed E-state index contributed by atoms with van der Waals surface area (Å²) in [4.78, 5) is 9.23. The van der Waals surface area contributed by atoms with Crippen LogP contribution >= 0.6 is 0 Å². The van der Waals surface area contributed by atoms with E-state index in [-0.39, 0.29) is 6.04 Å². The molecule has 0 fully saturated rings. The second-order valence-electron chi connectivity index (χ2n) is 5.35. The second kappa shape index (κ2) is 4.74. The van der Waals surface area contributed by atoms with Crippen LogP contribution in [0.1, 0.15) is 53.5 Å². The Kier molecular flexibility index (Phi) is 3.07. The van der Waals surface area contributed by atoms with Gasteiger partial charge in [-0.25, -0.2) is 9.97 Å². The van der Waals surface area contributed by atoms with Crippen LogP contribution in [0.3, 0.4) is 0 Å². The number of nitrogens with two attached hydrogens (primary N) is 1. The first-order valence-electron chi connectivity index (χ1n) is 6.83. The Morgan fingerprint density at radius 1 is 1.32 bits per heavy atom. The molecule has 0 spiro atoms. The zero-order valence-corrected chi connectivity index (χ0v) is 11.4. The largest absolute Gasteiger partial charge is 0.324 e. The Bertz CT molecular complexity index is 605. The molecule has 1 aromatic heterocycles. The number of aromatic nitrogens is 2. The summed E-state index contributed by atoms with van der Waals surface area (Å²) in [5.41, 5.74) is 10.8. The highest BCUT2D eigenvalue weighted by atomic mass is 14.9. The van der Waals surface area contributed by atoms with E-state index in [1.54, 1.807) is 0 Å². The van der Waals surface area contributed by atoms with Gasteiger partial charge in [0.1, 0.15) is 5.82 Å². The van der Waals surface area contributed by atoms with Gasteiger partial charge >= 0.3 is 0 Å². The maximum atomic E-state index is 5.91. The first-order valence-corrected chi connectivity index (χ1v) is 6.83. The Balaban J connectivity index is 1.99. The molecule has 1 heterocycles. The van der Waals surface area contributed by atoms with Crippen molar-refractivity contribution in [2.45, 2.75) is 38.6 Å². The molecule has 2 atom stereocenters. The van der Waals surface area contributed by atoms with Crippen LogP contribution in [0, 0.1) is 6.92 Å². The first-order chi connectivity index (χ1) is 9.16. The predicted octanol–water partition coefficient (Wildman–Crippen LogP) is 2.88. The van der Waals surface area contributed by atoms with Crippen LogP contribution in [-0.4, -0.2) is 9.97 Å². The minimum Gasteiger partial charge on any atom is -0.324 e. The number of fused-ring (bicyclic) bond motifs is 1. The van der Waals surface area contributed by atoms with Crippen molar-refractivity contribution in [3.05, 3.63) is 58.7 Å². The van der Waals surface area contributed by atoms with Crippen LogP contribution in [0.2, 0.25) is 0 Å². The van der Waals surface area contributed by atoms with Crippen LogP contribution in [0.25, 0.3) is 0 Å². The molecular weight excluding hydrogens is 234 g/mol. The molecule has 3 heteroatoms. The van der Waals surface area contributed by atoms with Gasteiger partial charge in [-0.3, -0.25) is 0 Å². The Morgan fingerprint density at radius 2 is 2.11 bits per heavy atom. The number of benzene rings is 1. The molecule has 0 bridgehead atoms. The van der Waals surface area contributed by atoms with Crippen molar-refractivity contribution in [3.8, 4) is 0 Å². The van der Waals surface area contributed by atoms with Crippen molar-refractivity contribution < 1.29 is 0 Å². The molecule has 2 aromatic rings. The van der Waals surface area contributed by atoms with Gasteiger partial charge in [0, 0.05) is 29.4 Å². The van der Waals surface area contributed by atoms with E-state index in [1.165, 1.54) is 11.1 Å². The molecular formula is C16H19N3. The van der Waals surface area contributed by atoms with E-state index in [9.17, 15) is 0 Å². The minimum atomic E-state index is -0.00934. The third-order valence-corrected chi connectivity index (χ3v) is 3.97. The van der Waals surface area contributed by atoms with Gasteiger partial charge in [0.05, 0.1) is 0 Å². The maximum Gasteiger partial charge on any atom is 0.136 e. The van der Waals surface area contributed by atoms with Gasteiger partial charge < -0.3 is 5.73 Å². The number of aryl methyl sites for hydroxylation is 2. The molecule has 0 radical (unpaired) electrons. The molecule has 2 N–H and O–H groups in total. The molecule has 0 saturated carbocycles. The Hall–Kier alpha value is -1.74. The first kappa shape index (κ1) is 12.3. The van der Waals surface area contributed by atoms with Crippen molar-refractivity contribution in [2.75, 3.05) is 0 Å². The highest BCUT2D eigenvalue weighted by Crippen LogP contribution is 2.36. The van der Waals surface area contributed by atoms with Crippen LogP contribution in [-0.2, 0) is 6.42 Å². The average molecular weight is 253 g/mol. The molecule has 1 aromatic carbocycles. The molecule has 19 heavy (non-hydrogen) atoms. The summed E-state index contributed by atoms with van der Waals surface area (Å²) < 4.78 is 0. The van der Waals surface area contributed by atoms with Gasteiger partial charge in [-0.2, -0.15) is 0 Å². The lowest BCUT2D eigenvalue weighted by Gasteiger charge is -2.14. The second-order valence-corrected chi connectivity index (χ2v) is 5.35. The molecule has 0 amide bonds. The number of nitrogens with zero attached hydrogens (tertiary/aromatic N) is 2. The zero-order chi connectivity index (χ0) is 13.4. The van der Waals surface area contributed by atoms with Gasteiger partial charge in [0.2, 0.25) is 0 Å². The monoisotopic (exact) mass is 253 g/mol. The van der Waals surface area contributed by atoms with Crippen molar-refractivity contribution >= 4 is 0 Å². The van der Waals surface area contributed by atoms with E-state index < -0.39 is 0 Å². The van der Waals surface area contributed by atoms with Crippen LogP contribution in [0.15, 0.2) is 30.5 Å². The van der Waals surface area contributed by atoms with E-state index in [1.807, 2.05) is 20.0 Å². The lowest BCUT2D eigenvalue weighted by Crippen LogP contribution is -2.12. The highest BCUT2D eigenvalue weighted by Gasteiger charge is 2.26. The van der Waals surface area contributed by atoms with Crippen molar-refractivity contribution in [1.29, 1.82) is 0 Å². The standard InChI is InChI=1S/C16H19N3/c1-10(17)15-9-18-16(19-11(15)2)14-8-7-12-5-3-4-6-13(12)14/h3-6,9-10,14H,7-8,17H2,1-2H3/t10-,14?/m1/s1. The van der Waals surface area contributed by atoms with E-state index in [2.05, 4.69) is 34.2 Å². The fourth-order valence-electron chi connectivity index (χ4n) is 2.93. The fraction of sp³-hybridized carbons (Fsp3) is 0.375. The fourth-order valence-corrected chi connectivity index (χ4v) is 2.93. The van der Waals surface area contributed by atoms with E-state index in [0.29, 0.717) is 5.92 Å². The third kappa shape index (κ3) is 2.15. The van der Waals surface area contributed by atoms with E-state index in [0.717, 1.165) is 29.9 Å². The van der Waals surface area contributed by atoms with Gasteiger partial charge in [-0.15, -0.1) is 0 Å². The summed E-state index contributed by atoms with van der Waals surface area (Å²) in [7, 11) is 0. The third-order valence-electron chi connectivity index (χ3n) is 3.97. The van der Waals surface area contributed by atoms with E-state index in [4.69, 9.17) is 5.73 Å². The molecule has 1 unspecified atom stereocenters. The molecule has 1 aliphatic rings. The summed E-state index contributed by atoms with van der Waals surface area (Å²) >= 11 is 0. The summed E-state index contributed by atoms with van der Waals surface area (Å²) in [6.45, 7) is 3.99. The maximum absolute atomic E-state index is 5.91. The Morgan fingerprint density at radius 3 is 2.84 bits per heavy atom. The van der Waals surface area contributed by atoms with Gasteiger partial charge in [0.15, 0.2) is 0 Å². The zero-order valence-electron chi connectivity index (χ0n) is 11.4. The number of hydrogen-bond acceptors (Lipinski definition) is 3. The molecule has 1 aliphatic carbocycles. The molecule has 3 rings (SSSR count). The molecule has 0 saturated heterocycles. The van der Waals surface area contributed by atoms with Crippen LogP contribution in [0.5, 0.6) is 0 Å². The van der Waals surface area contributed by atoms with Gasteiger partial charge in [-0.1, -0.05) is 24.3 Å². The lowest BCUT2D eigenvalue weighted by atomic mass is 10.00. The predicted molar refractivity (Wildman–Crippen MR) is 76.0 cm³/mol. The smallest absolute Gasteiger partial charge is 0.136 e. The van der Waals surface area contributed by atoms with Gasteiger partial charge in [0.25, 0.3) is 0 Å². The van der Waals surface area contributed by atoms with Crippen molar-refractivity contribution in [1.82, 2.24) is 9.97 Å². The normalized spacial score (nSPS) is 19.2. The summed E-state index contributed by atoms with van der Waals surface area (Å²) in [6, 6.07) is 8.60. The lowest BCUT2D eigenvalue weighted by molar-refractivity contribution is 0.705. The Labute approximate surface area is 113 Å². The minimum absolute atomic E-state index is 0.00934. The number of hydrogen-bond donors (Lipinski definition) is 1. The summed E-state index contributed by atoms with van der Waals surface area (Å²) in [5, 5.41) is 0. The van der Waals surface area contributed by atoms with Gasteiger partial charge in [-0.05, 0) is 37.8 Å². The average Bonchev–Trinajstić information content (AvgIpc) is 2.82. The summed E-state index contributed by atoms with van der Waals surface area (Å²) in [6.07, 6.45) is 4.12. The molecule has 3 nitrogen and oxygen atoms in total. The topological polar surface area (TPSA) is 51.8 Å². The van der Waals surface area contributed by atoms with Crippen LogP contribution in [0.4, 0.5) is 0 Å². The molecule has 0 aliphatic heterocycles. The van der Waals surface area contributed by atoms with Crippen molar-refractivity contribution in [3.63, 3.8) is 0 Å². The quantitative estimate of drug-likeness (QED) is 0.895.